The summed E-state index contributed by atoms with van der Waals surface area (Å²) in [6.07, 6.45) is 1.51. The molecule has 0 fully saturated rings. The van der Waals surface area contributed by atoms with E-state index in [1.165, 1.54) is 6.08 Å². The van der Waals surface area contributed by atoms with Gasteiger partial charge in [-0.1, -0.05) is 29.8 Å². The molecule has 1 N–H and O–H groups in total. The Labute approximate surface area is 137 Å². The summed E-state index contributed by atoms with van der Waals surface area (Å²) in [7, 11) is -3.57. The molecule has 6 heteroatoms. The Hall–Kier alpha value is -1.30. The molecular weight excluding hydrogens is 374 g/mol. The Morgan fingerprint density at radius 3 is 2.43 bits per heavy atom. The molecule has 0 amide bonds. The van der Waals surface area contributed by atoms with Gasteiger partial charge in [-0.3, -0.25) is 4.72 Å². The van der Waals surface area contributed by atoms with Gasteiger partial charge in [-0.2, -0.15) is 0 Å². The molecule has 2 aromatic carbocycles. The lowest BCUT2D eigenvalue weighted by Crippen LogP contribution is -2.09. The summed E-state index contributed by atoms with van der Waals surface area (Å²) < 4.78 is 27.3. The van der Waals surface area contributed by atoms with Crippen LogP contribution in [0.3, 0.4) is 0 Å². The van der Waals surface area contributed by atoms with Crippen molar-refractivity contribution in [2.45, 2.75) is 6.92 Å². The van der Waals surface area contributed by atoms with Crippen LogP contribution >= 0.6 is 27.5 Å². The molecule has 0 aliphatic rings. The van der Waals surface area contributed by atoms with Gasteiger partial charge in [0.15, 0.2) is 0 Å². The number of nitrogens with one attached hydrogen (secondary N) is 1. The Balaban J connectivity index is 2.16. The molecule has 3 nitrogen and oxygen atoms in total. The maximum absolute atomic E-state index is 12.0. The van der Waals surface area contributed by atoms with Gasteiger partial charge in [0.25, 0.3) is 10.0 Å². The van der Waals surface area contributed by atoms with Crippen molar-refractivity contribution in [2.75, 3.05) is 4.72 Å². The van der Waals surface area contributed by atoms with Crippen LogP contribution in [0.5, 0.6) is 0 Å². The van der Waals surface area contributed by atoms with E-state index < -0.39 is 10.0 Å². The monoisotopic (exact) mass is 385 g/mol. The smallest absolute Gasteiger partial charge is 0.255 e. The minimum Gasteiger partial charge on any atom is -0.279 e. The van der Waals surface area contributed by atoms with E-state index in [0.717, 1.165) is 16.5 Å². The largest absolute Gasteiger partial charge is 0.279 e. The van der Waals surface area contributed by atoms with E-state index in [1.54, 1.807) is 30.3 Å². The quantitative estimate of drug-likeness (QED) is 0.818. The highest BCUT2D eigenvalue weighted by atomic mass is 79.9. The van der Waals surface area contributed by atoms with E-state index in [1.807, 2.05) is 19.1 Å². The second-order valence-electron chi connectivity index (χ2n) is 4.48. The molecule has 0 aliphatic heterocycles. The summed E-state index contributed by atoms with van der Waals surface area (Å²) >= 11 is 9.12. The summed E-state index contributed by atoms with van der Waals surface area (Å²) in [5.74, 6) is 0. The van der Waals surface area contributed by atoms with Crippen molar-refractivity contribution in [3.8, 4) is 0 Å². The van der Waals surface area contributed by atoms with Gasteiger partial charge in [0.2, 0.25) is 0 Å². The van der Waals surface area contributed by atoms with Crippen molar-refractivity contribution in [1.29, 1.82) is 0 Å². The zero-order chi connectivity index (χ0) is 15.5. The van der Waals surface area contributed by atoms with E-state index >= 15 is 0 Å². The molecule has 21 heavy (non-hydrogen) atoms. The van der Waals surface area contributed by atoms with Gasteiger partial charge in [0.1, 0.15) is 0 Å². The van der Waals surface area contributed by atoms with Gasteiger partial charge < -0.3 is 0 Å². The molecule has 0 saturated carbocycles. The SMILES string of the molecule is Cc1ccc(NS(=O)(=O)/C=C/c2ccc(Cl)cc2)c(Br)c1. The number of hydrogen-bond acceptors (Lipinski definition) is 2. The Morgan fingerprint density at radius 1 is 1.14 bits per heavy atom. The molecule has 0 spiro atoms. The van der Waals surface area contributed by atoms with Crippen LogP contribution in [0.25, 0.3) is 6.08 Å². The fourth-order valence-electron chi connectivity index (χ4n) is 1.63. The Morgan fingerprint density at radius 2 is 1.81 bits per heavy atom. The highest BCUT2D eigenvalue weighted by Crippen LogP contribution is 2.24. The Kier molecular flexibility index (Phi) is 5.08. The lowest BCUT2D eigenvalue weighted by atomic mass is 10.2. The first-order chi connectivity index (χ1) is 9.85. The van der Waals surface area contributed by atoms with Crippen molar-refractivity contribution in [2.24, 2.45) is 0 Å². The molecule has 0 saturated heterocycles. The second-order valence-corrected chi connectivity index (χ2v) is 7.34. The predicted octanol–water partition coefficient (Wildman–Crippen LogP) is 4.82. The number of benzene rings is 2. The number of anilines is 1. The first-order valence-corrected chi connectivity index (χ1v) is 8.80. The zero-order valence-corrected chi connectivity index (χ0v) is 14.3. The van der Waals surface area contributed by atoms with Crippen molar-refractivity contribution >= 4 is 49.3 Å². The van der Waals surface area contributed by atoms with E-state index in [2.05, 4.69) is 20.7 Å². The topological polar surface area (TPSA) is 46.2 Å². The molecule has 2 rings (SSSR count). The highest BCUT2D eigenvalue weighted by molar-refractivity contribution is 9.10. The molecule has 0 aliphatic carbocycles. The molecule has 0 atom stereocenters. The summed E-state index contributed by atoms with van der Waals surface area (Å²) in [6, 6.07) is 12.3. The average molecular weight is 387 g/mol. The maximum Gasteiger partial charge on any atom is 0.255 e. The number of aryl methyl sites for hydroxylation is 1. The minimum atomic E-state index is -3.57. The molecule has 0 bridgehead atoms. The van der Waals surface area contributed by atoms with Gasteiger partial charge in [-0.15, -0.1) is 0 Å². The molecule has 0 radical (unpaired) electrons. The number of hydrogen-bond donors (Lipinski definition) is 1. The van der Waals surface area contributed by atoms with E-state index in [-0.39, 0.29) is 0 Å². The van der Waals surface area contributed by atoms with Crippen LogP contribution in [0.2, 0.25) is 5.02 Å². The number of halogens is 2. The normalized spacial score (nSPS) is 11.8. The zero-order valence-electron chi connectivity index (χ0n) is 11.2. The first-order valence-electron chi connectivity index (χ1n) is 6.08. The van der Waals surface area contributed by atoms with Crippen LogP contribution in [-0.2, 0) is 10.0 Å². The first kappa shape index (κ1) is 16.1. The number of sulfonamides is 1. The summed E-state index contributed by atoms with van der Waals surface area (Å²) in [4.78, 5) is 0. The van der Waals surface area contributed by atoms with Crippen molar-refractivity contribution in [3.63, 3.8) is 0 Å². The third-order valence-electron chi connectivity index (χ3n) is 2.69. The number of rotatable bonds is 4. The fourth-order valence-corrected chi connectivity index (χ4v) is 3.37. The second kappa shape index (κ2) is 6.64. The third kappa shape index (κ3) is 4.88. The van der Waals surface area contributed by atoms with E-state index in [0.29, 0.717) is 15.2 Å². The van der Waals surface area contributed by atoms with Gasteiger partial charge in [0, 0.05) is 9.50 Å². The molecule has 0 aromatic heterocycles. The van der Waals surface area contributed by atoms with Crippen LogP contribution in [0.15, 0.2) is 52.3 Å². The van der Waals surface area contributed by atoms with Gasteiger partial charge in [-0.25, -0.2) is 8.42 Å². The van der Waals surface area contributed by atoms with Crippen LogP contribution in [-0.4, -0.2) is 8.42 Å². The molecule has 0 heterocycles. The summed E-state index contributed by atoms with van der Waals surface area (Å²) in [5.41, 5.74) is 2.30. The Bertz CT molecular complexity index is 771. The van der Waals surface area contributed by atoms with Gasteiger partial charge >= 0.3 is 0 Å². The van der Waals surface area contributed by atoms with Crippen LogP contribution < -0.4 is 4.72 Å². The molecule has 0 unspecified atom stereocenters. The summed E-state index contributed by atoms with van der Waals surface area (Å²) in [6.45, 7) is 1.93. The van der Waals surface area contributed by atoms with Gasteiger partial charge in [0.05, 0.1) is 11.1 Å². The maximum atomic E-state index is 12.0. The molecule has 2 aromatic rings. The van der Waals surface area contributed by atoms with Crippen LogP contribution in [0, 0.1) is 6.92 Å². The lowest BCUT2D eigenvalue weighted by molar-refractivity contribution is 0.609. The van der Waals surface area contributed by atoms with Crippen LogP contribution in [0.4, 0.5) is 5.69 Å². The van der Waals surface area contributed by atoms with Crippen molar-refractivity contribution < 1.29 is 8.42 Å². The average Bonchev–Trinajstić information content (AvgIpc) is 2.41. The summed E-state index contributed by atoms with van der Waals surface area (Å²) in [5, 5.41) is 1.74. The third-order valence-corrected chi connectivity index (χ3v) is 4.59. The van der Waals surface area contributed by atoms with E-state index in [9.17, 15) is 8.42 Å². The fraction of sp³-hybridized carbons (Fsp3) is 0.0667. The standard InChI is InChI=1S/C15H13BrClNO2S/c1-11-2-7-15(14(16)10-11)18-21(19,20)9-8-12-3-5-13(17)6-4-12/h2-10,18H,1H3/b9-8+. The molecular formula is C15H13BrClNO2S. The van der Waals surface area contributed by atoms with Crippen molar-refractivity contribution in [3.05, 3.63) is 68.5 Å². The predicted molar refractivity (Wildman–Crippen MR) is 91.9 cm³/mol. The highest BCUT2D eigenvalue weighted by Gasteiger charge is 2.08. The lowest BCUT2D eigenvalue weighted by Gasteiger charge is -2.07. The minimum absolute atomic E-state index is 0.501. The van der Waals surface area contributed by atoms with Gasteiger partial charge in [-0.05, 0) is 64.3 Å². The van der Waals surface area contributed by atoms with Crippen molar-refractivity contribution in [1.82, 2.24) is 0 Å². The van der Waals surface area contributed by atoms with Crippen LogP contribution in [0.1, 0.15) is 11.1 Å². The molecule has 110 valence electrons. The van der Waals surface area contributed by atoms with E-state index in [4.69, 9.17) is 11.6 Å².